The van der Waals surface area contributed by atoms with Gasteiger partial charge in [0.2, 0.25) is 0 Å². The molecule has 0 atom stereocenters. The van der Waals surface area contributed by atoms with Crippen LogP contribution in [0, 0.1) is 0 Å². The summed E-state index contributed by atoms with van der Waals surface area (Å²) in [6.45, 7) is 0.934. The SMILES string of the molecule is O=C(O)c1cccc2c1COCCN2C(=O)OCc1ccccc1. The average molecular weight is 327 g/mol. The van der Waals surface area contributed by atoms with E-state index in [0.29, 0.717) is 24.4 Å². The van der Waals surface area contributed by atoms with Crippen molar-refractivity contribution in [2.75, 3.05) is 18.1 Å². The fraction of sp³-hybridized carbons (Fsp3) is 0.222. The van der Waals surface area contributed by atoms with E-state index in [1.165, 1.54) is 11.0 Å². The molecular formula is C18H17NO5. The second-order valence-electron chi connectivity index (χ2n) is 5.35. The highest BCUT2D eigenvalue weighted by atomic mass is 16.6. The third kappa shape index (κ3) is 3.38. The van der Waals surface area contributed by atoms with Gasteiger partial charge in [-0.25, -0.2) is 9.59 Å². The molecule has 0 radical (unpaired) electrons. The van der Waals surface area contributed by atoms with Gasteiger partial charge in [0.1, 0.15) is 6.61 Å². The highest BCUT2D eigenvalue weighted by molar-refractivity contribution is 5.95. The normalized spacial score (nSPS) is 13.8. The van der Waals surface area contributed by atoms with Gasteiger partial charge >= 0.3 is 12.1 Å². The van der Waals surface area contributed by atoms with Crippen LogP contribution in [-0.4, -0.2) is 30.3 Å². The van der Waals surface area contributed by atoms with Crippen molar-refractivity contribution >= 4 is 17.7 Å². The number of aromatic carboxylic acids is 1. The summed E-state index contributed by atoms with van der Waals surface area (Å²) in [5.74, 6) is -1.05. The first-order valence-electron chi connectivity index (χ1n) is 7.58. The first kappa shape index (κ1) is 16.0. The van der Waals surface area contributed by atoms with Gasteiger partial charge < -0.3 is 14.6 Å². The van der Waals surface area contributed by atoms with Gasteiger partial charge in [-0.2, -0.15) is 0 Å². The van der Waals surface area contributed by atoms with Gasteiger partial charge in [0.25, 0.3) is 0 Å². The Balaban J connectivity index is 1.82. The van der Waals surface area contributed by atoms with Gasteiger partial charge in [0.15, 0.2) is 0 Å². The van der Waals surface area contributed by atoms with Crippen molar-refractivity contribution in [1.29, 1.82) is 0 Å². The molecule has 1 aliphatic rings. The van der Waals surface area contributed by atoms with E-state index < -0.39 is 12.1 Å². The molecular weight excluding hydrogens is 310 g/mol. The van der Waals surface area contributed by atoms with Crippen LogP contribution in [-0.2, 0) is 22.7 Å². The van der Waals surface area contributed by atoms with E-state index in [4.69, 9.17) is 9.47 Å². The number of carboxylic acids is 1. The predicted octanol–water partition coefficient (Wildman–Crippen LogP) is 3.06. The molecule has 0 unspecified atom stereocenters. The van der Waals surface area contributed by atoms with Crippen molar-refractivity contribution in [3.63, 3.8) is 0 Å². The molecule has 0 saturated heterocycles. The number of carboxylic acid groups (broad SMARTS) is 1. The summed E-state index contributed by atoms with van der Waals surface area (Å²) in [4.78, 5) is 25.3. The van der Waals surface area contributed by atoms with Gasteiger partial charge in [-0.15, -0.1) is 0 Å². The number of ether oxygens (including phenoxy) is 2. The smallest absolute Gasteiger partial charge is 0.414 e. The topological polar surface area (TPSA) is 76.1 Å². The number of benzene rings is 2. The molecule has 0 bridgehead atoms. The van der Waals surface area contributed by atoms with Crippen LogP contribution in [0.3, 0.4) is 0 Å². The molecule has 0 spiro atoms. The molecule has 0 aromatic heterocycles. The second-order valence-corrected chi connectivity index (χ2v) is 5.35. The zero-order chi connectivity index (χ0) is 16.9. The summed E-state index contributed by atoms with van der Waals surface area (Å²) < 4.78 is 10.8. The zero-order valence-electron chi connectivity index (χ0n) is 13.0. The maximum absolute atomic E-state index is 12.5. The Bertz CT molecular complexity index is 744. The standard InChI is InChI=1S/C18H17NO5/c20-17(21)14-7-4-8-16-15(14)12-23-10-9-19(16)18(22)24-11-13-5-2-1-3-6-13/h1-8H,9-12H2,(H,20,21). The van der Waals surface area contributed by atoms with Gasteiger partial charge in [-0.05, 0) is 17.7 Å². The third-order valence-corrected chi connectivity index (χ3v) is 3.80. The van der Waals surface area contributed by atoms with Crippen molar-refractivity contribution < 1.29 is 24.2 Å². The summed E-state index contributed by atoms with van der Waals surface area (Å²) in [5, 5.41) is 9.32. The minimum atomic E-state index is -1.05. The largest absolute Gasteiger partial charge is 0.478 e. The Hall–Kier alpha value is -2.86. The molecule has 6 nitrogen and oxygen atoms in total. The van der Waals surface area contributed by atoms with Crippen LogP contribution in [0.15, 0.2) is 48.5 Å². The summed E-state index contributed by atoms with van der Waals surface area (Å²) >= 11 is 0. The van der Waals surface area contributed by atoms with Crippen LogP contribution >= 0.6 is 0 Å². The lowest BCUT2D eigenvalue weighted by Gasteiger charge is -2.22. The molecule has 1 aliphatic heterocycles. The highest BCUT2D eigenvalue weighted by Crippen LogP contribution is 2.28. The monoisotopic (exact) mass is 327 g/mol. The summed E-state index contributed by atoms with van der Waals surface area (Å²) in [7, 11) is 0. The minimum Gasteiger partial charge on any atom is -0.478 e. The lowest BCUT2D eigenvalue weighted by molar-refractivity contribution is 0.0689. The van der Waals surface area contributed by atoms with Gasteiger partial charge in [-0.3, -0.25) is 4.90 Å². The van der Waals surface area contributed by atoms with Gasteiger partial charge in [0, 0.05) is 5.56 Å². The van der Waals surface area contributed by atoms with Crippen molar-refractivity contribution in [2.45, 2.75) is 13.2 Å². The summed E-state index contributed by atoms with van der Waals surface area (Å²) in [5.41, 5.74) is 2.02. The van der Waals surface area contributed by atoms with E-state index in [2.05, 4.69) is 0 Å². The quantitative estimate of drug-likeness (QED) is 0.937. The van der Waals surface area contributed by atoms with Crippen molar-refractivity contribution in [3.05, 3.63) is 65.2 Å². The van der Waals surface area contributed by atoms with E-state index in [1.807, 2.05) is 30.3 Å². The van der Waals surface area contributed by atoms with E-state index >= 15 is 0 Å². The molecule has 6 heteroatoms. The molecule has 2 aromatic carbocycles. The summed E-state index contributed by atoms with van der Waals surface area (Å²) in [6, 6.07) is 14.2. The number of rotatable bonds is 3. The predicted molar refractivity (Wildman–Crippen MR) is 87.0 cm³/mol. The summed E-state index contributed by atoms with van der Waals surface area (Å²) in [6.07, 6.45) is -0.520. The Labute approximate surface area is 139 Å². The van der Waals surface area contributed by atoms with Crippen molar-refractivity contribution in [2.24, 2.45) is 0 Å². The minimum absolute atomic E-state index is 0.134. The second kappa shape index (κ2) is 7.14. The number of carbonyl (C=O) groups excluding carboxylic acids is 1. The molecule has 1 N–H and O–H groups in total. The number of hydrogen-bond donors (Lipinski definition) is 1. The van der Waals surface area contributed by atoms with Crippen molar-refractivity contribution in [3.8, 4) is 0 Å². The maximum atomic E-state index is 12.5. The van der Waals surface area contributed by atoms with Crippen LogP contribution in [0.4, 0.5) is 10.5 Å². The van der Waals surface area contributed by atoms with E-state index in [-0.39, 0.29) is 18.8 Å². The average Bonchev–Trinajstić information content (AvgIpc) is 2.82. The zero-order valence-corrected chi connectivity index (χ0v) is 13.0. The third-order valence-electron chi connectivity index (χ3n) is 3.80. The molecule has 0 aliphatic carbocycles. The number of nitrogens with zero attached hydrogens (tertiary/aromatic N) is 1. The fourth-order valence-electron chi connectivity index (χ4n) is 2.62. The number of hydrogen-bond acceptors (Lipinski definition) is 4. The lowest BCUT2D eigenvalue weighted by atomic mass is 10.1. The van der Waals surface area contributed by atoms with E-state index in [1.54, 1.807) is 12.1 Å². The number of fused-ring (bicyclic) bond motifs is 1. The lowest BCUT2D eigenvalue weighted by Crippen LogP contribution is -2.34. The molecule has 1 amide bonds. The number of anilines is 1. The Morgan fingerprint density at radius 3 is 2.67 bits per heavy atom. The molecule has 2 aromatic rings. The first-order chi connectivity index (χ1) is 11.7. The Kier molecular flexibility index (Phi) is 4.77. The van der Waals surface area contributed by atoms with Crippen LogP contribution < -0.4 is 4.90 Å². The van der Waals surface area contributed by atoms with E-state index in [0.717, 1.165) is 5.56 Å². The molecule has 3 rings (SSSR count). The maximum Gasteiger partial charge on any atom is 0.414 e. The molecule has 1 heterocycles. The Morgan fingerprint density at radius 2 is 1.92 bits per heavy atom. The molecule has 0 saturated carbocycles. The number of carbonyl (C=O) groups is 2. The van der Waals surface area contributed by atoms with Crippen molar-refractivity contribution in [1.82, 2.24) is 0 Å². The van der Waals surface area contributed by atoms with Gasteiger partial charge in [0.05, 0.1) is 31.0 Å². The fourth-order valence-corrected chi connectivity index (χ4v) is 2.62. The van der Waals surface area contributed by atoms with Crippen LogP contribution in [0.25, 0.3) is 0 Å². The Morgan fingerprint density at radius 1 is 1.12 bits per heavy atom. The highest BCUT2D eigenvalue weighted by Gasteiger charge is 2.26. The van der Waals surface area contributed by atoms with Gasteiger partial charge in [-0.1, -0.05) is 36.4 Å². The molecule has 24 heavy (non-hydrogen) atoms. The van der Waals surface area contributed by atoms with Crippen LogP contribution in [0.5, 0.6) is 0 Å². The van der Waals surface area contributed by atoms with Crippen LogP contribution in [0.2, 0.25) is 0 Å². The first-order valence-corrected chi connectivity index (χ1v) is 7.58. The van der Waals surface area contributed by atoms with E-state index in [9.17, 15) is 14.7 Å². The molecule has 124 valence electrons. The molecule has 0 fully saturated rings. The number of amides is 1. The van der Waals surface area contributed by atoms with Crippen LogP contribution in [0.1, 0.15) is 21.5 Å².